The zero-order valence-corrected chi connectivity index (χ0v) is 13.1. The highest BCUT2D eigenvalue weighted by Crippen LogP contribution is 2.38. The molecular formula is C13H18ClNO4S. The Morgan fingerprint density at radius 2 is 2.20 bits per heavy atom. The van der Waals surface area contributed by atoms with Gasteiger partial charge in [-0.25, -0.2) is 13.2 Å². The number of halogens is 1. The molecule has 0 bridgehead atoms. The number of ether oxygens (including phenoxy) is 1. The summed E-state index contributed by atoms with van der Waals surface area (Å²) in [5, 5.41) is 0. The molecule has 0 N–H and O–H groups in total. The first-order chi connectivity index (χ1) is 9.32. The number of hydrogen-bond acceptors (Lipinski definition) is 4. The van der Waals surface area contributed by atoms with Crippen molar-refractivity contribution in [3.63, 3.8) is 0 Å². The van der Waals surface area contributed by atoms with Crippen molar-refractivity contribution in [2.75, 3.05) is 0 Å². The van der Waals surface area contributed by atoms with Gasteiger partial charge in [-0.15, -0.1) is 0 Å². The SMILES string of the molecule is CCCC(C)OC(=O)c1cc(S(=O)(=O)Cl)cn1C1CC1. The third kappa shape index (κ3) is 3.55. The Kier molecular flexibility index (Phi) is 4.44. The van der Waals surface area contributed by atoms with Gasteiger partial charge in [0.05, 0.1) is 6.10 Å². The van der Waals surface area contributed by atoms with E-state index >= 15 is 0 Å². The summed E-state index contributed by atoms with van der Waals surface area (Å²) < 4.78 is 29.8. The van der Waals surface area contributed by atoms with E-state index in [0.29, 0.717) is 0 Å². The topological polar surface area (TPSA) is 65.4 Å². The molecule has 1 aromatic heterocycles. The fraction of sp³-hybridized carbons (Fsp3) is 0.615. The summed E-state index contributed by atoms with van der Waals surface area (Å²) in [7, 11) is 1.50. The Hall–Kier alpha value is -1.01. The lowest BCUT2D eigenvalue weighted by atomic mass is 10.2. The van der Waals surface area contributed by atoms with Gasteiger partial charge in [-0.2, -0.15) is 0 Å². The minimum absolute atomic E-state index is 0.0545. The van der Waals surface area contributed by atoms with Crippen LogP contribution >= 0.6 is 10.7 Å². The van der Waals surface area contributed by atoms with E-state index in [9.17, 15) is 13.2 Å². The van der Waals surface area contributed by atoms with Crippen LogP contribution in [0.3, 0.4) is 0 Å². The maximum Gasteiger partial charge on any atom is 0.355 e. The second kappa shape index (κ2) is 5.77. The number of aromatic nitrogens is 1. The average molecular weight is 320 g/mol. The lowest BCUT2D eigenvalue weighted by Gasteiger charge is -2.13. The molecule has 7 heteroatoms. The summed E-state index contributed by atoms with van der Waals surface area (Å²) in [5.74, 6) is -0.496. The Morgan fingerprint density at radius 1 is 1.55 bits per heavy atom. The Bertz CT molecular complexity index is 604. The Labute approximate surface area is 123 Å². The number of carbonyl (C=O) groups excluding carboxylic acids is 1. The van der Waals surface area contributed by atoms with Crippen molar-refractivity contribution in [3.8, 4) is 0 Å². The fourth-order valence-electron chi connectivity index (χ4n) is 2.11. The van der Waals surface area contributed by atoms with Crippen molar-refractivity contribution in [1.29, 1.82) is 0 Å². The Balaban J connectivity index is 2.25. The molecule has 0 saturated heterocycles. The van der Waals surface area contributed by atoms with Crippen molar-refractivity contribution in [1.82, 2.24) is 4.57 Å². The van der Waals surface area contributed by atoms with Crippen LogP contribution in [0.25, 0.3) is 0 Å². The van der Waals surface area contributed by atoms with E-state index in [1.807, 2.05) is 13.8 Å². The van der Waals surface area contributed by atoms with Gasteiger partial charge < -0.3 is 9.30 Å². The Morgan fingerprint density at radius 3 is 2.70 bits per heavy atom. The maximum absolute atomic E-state index is 12.1. The van der Waals surface area contributed by atoms with Crippen molar-refractivity contribution < 1.29 is 17.9 Å². The molecule has 0 aromatic carbocycles. The summed E-state index contributed by atoms with van der Waals surface area (Å²) >= 11 is 0. The van der Waals surface area contributed by atoms with Gasteiger partial charge in [-0.1, -0.05) is 13.3 Å². The van der Waals surface area contributed by atoms with Gasteiger partial charge in [-0.05, 0) is 32.3 Å². The van der Waals surface area contributed by atoms with E-state index in [4.69, 9.17) is 15.4 Å². The van der Waals surface area contributed by atoms with Gasteiger partial charge in [0.15, 0.2) is 0 Å². The highest BCUT2D eigenvalue weighted by molar-refractivity contribution is 8.13. The summed E-state index contributed by atoms with van der Waals surface area (Å²) in [6.07, 6.45) is 4.78. The molecule has 1 unspecified atom stereocenters. The molecule has 112 valence electrons. The quantitative estimate of drug-likeness (QED) is 0.597. The minimum atomic E-state index is -3.84. The standard InChI is InChI=1S/C13H18ClNO4S/c1-3-4-9(2)19-13(16)12-7-11(20(14,17)18)8-15(12)10-5-6-10/h7-10H,3-6H2,1-2H3. The van der Waals surface area contributed by atoms with Crippen molar-refractivity contribution >= 4 is 25.7 Å². The second-order valence-electron chi connectivity index (χ2n) is 5.14. The van der Waals surface area contributed by atoms with Crippen molar-refractivity contribution in [2.45, 2.75) is 56.6 Å². The molecule has 0 radical (unpaired) electrons. The smallest absolute Gasteiger partial charge is 0.355 e. The molecule has 1 aliphatic rings. The molecule has 1 heterocycles. The van der Waals surface area contributed by atoms with E-state index in [0.717, 1.165) is 25.7 Å². The third-order valence-electron chi connectivity index (χ3n) is 3.26. The summed E-state index contributed by atoms with van der Waals surface area (Å²) in [4.78, 5) is 12.1. The zero-order valence-electron chi connectivity index (χ0n) is 11.5. The van der Waals surface area contributed by atoms with Gasteiger partial charge >= 0.3 is 5.97 Å². The zero-order chi connectivity index (χ0) is 14.9. The average Bonchev–Trinajstić information content (AvgIpc) is 3.06. The van der Waals surface area contributed by atoms with E-state index in [1.54, 1.807) is 4.57 Å². The molecule has 1 atom stereocenters. The molecule has 5 nitrogen and oxygen atoms in total. The van der Waals surface area contributed by atoms with Crippen LogP contribution < -0.4 is 0 Å². The van der Waals surface area contributed by atoms with Crippen LogP contribution in [0.5, 0.6) is 0 Å². The van der Waals surface area contributed by atoms with E-state index in [-0.39, 0.29) is 22.7 Å². The first-order valence-electron chi connectivity index (χ1n) is 6.70. The van der Waals surface area contributed by atoms with E-state index < -0.39 is 15.0 Å². The molecule has 1 fully saturated rings. The first-order valence-corrected chi connectivity index (χ1v) is 9.01. The van der Waals surface area contributed by atoms with Crippen molar-refractivity contribution in [2.24, 2.45) is 0 Å². The monoisotopic (exact) mass is 319 g/mol. The molecule has 1 aliphatic carbocycles. The van der Waals surface area contributed by atoms with Crippen LogP contribution in [0.1, 0.15) is 56.1 Å². The number of carbonyl (C=O) groups is 1. The summed E-state index contributed by atoms with van der Waals surface area (Å²) in [5.41, 5.74) is 0.259. The molecular weight excluding hydrogens is 302 g/mol. The highest BCUT2D eigenvalue weighted by atomic mass is 35.7. The number of hydrogen-bond donors (Lipinski definition) is 0. The lowest BCUT2D eigenvalue weighted by molar-refractivity contribution is 0.0310. The molecule has 0 spiro atoms. The van der Waals surface area contributed by atoms with Crippen LogP contribution in [-0.4, -0.2) is 25.1 Å². The molecule has 1 aromatic rings. The predicted molar refractivity (Wildman–Crippen MR) is 75.5 cm³/mol. The normalized spacial score (nSPS) is 16.9. The fourth-order valence-corrected chi connectivity index (χ4v) is 2.86. The maximum atomic E-state index is 12.1. The predicted octanol–water partition coefficient (Wildman–Crippen LogP) is 3.10. The number of nitrogens with zero attached hydrogens (tertiary/aromatic N) is 1. The second-order valence-corrected chi connectivity index (χ2v) is 7.71. The first kappa shape index (κ1) is 15.4. The number of rotatable bonds is 6. The van der Waals surface area contributed by atoms with E-state index in [1.165, 1.54) is 12.3 Å². The van der Waals surface area contributed by atoms with Crippen molar-refractivity contribution in [3.05, 3.63) is 18.0 Å². The van der Waals surface area contributed by atoms with Gasteiger partial charge in [-0.3, -0.25) is 0 Å². The molecule has 20 heavy (non-hydrogen) atoms. The van der Waals surface area contributed by atoms with Crippen LogP contribution in [-0.2, 0) is 13.8 Å². The molecule has 0 aliphatic heterocycles. The molecule has 2 rings (SSSR count). The van der Waals surface area contributed by atoms with Crippen LogP contribution in [0.15, 0.2) is 17.2 Å². The lowest BCUT2D eigenvalue weighted by Crippen LogP contribution is -2.17. The van der Waals surface area contributed by atoms with Crippen LogP contribution in [0.4, 0.5) is 0 Å². The van der Waals surface area contributed by atoms with Crippen LogP contribution in [0.2, 0.25) is 0 Å². The summed E-state index contributed by atoms with van der Waals surface area (Å²) in [6.45, 7) is 3.83. The summed E-state index contributed by atoms with van der Waals surface area (Å²) in [6, 6.07) is 1.47. The largest absolute Gasteiger partial charge is 0.458 e. The minimum Gasteiger partial charge on any atom is -0.458 e. The van der Waals surface area contributed by atoms with Crippen LogP contribution in [0, 0.1) is 0 Å². The van der Waals surface area contributed by atoms with E-state index in [2.05, 4.69) is 0 Å². The highest BCUT2D eigenvalue weighted by Gasteiger charge is 2.31. The number of esters is 1. The van der Waals surface area contributed by atoms with Gasteiger partial charge in [0.2, 0.25) is 0 Å². The van der Waals surface area contributed by atoms with Gasteiger partial charge in [0, 0.05) is 22.9 Å². The molecule has 0 amide bonds. The third-order valence-corrected chi connectivity index (χ3v) is 4.58. The van der Waals surface area contributed by atoms with Gasteiger partial charge in [0.1, 0.15) is 10.6 Å². The van der Waals surface area contributed by atoms with Gasteiger partial charge in [0.25, 0.3) is 9.05 Å². The molecule has 1 saturated carbocycles.